The SMILES string of the molecule is CCCC(=O)NCCc1c2n(c3ccccc13)C13CCC1c1ccccc1N3CC2. The highest BCUT2D eigenvalue weighted by molar-refractivity contribution is 5.87. The van der Waals surface area contributed by atoms with Crippen LogP contribution in [0.1, 0.15) is 55.3 Å². The van der Waals surface area contributed by atoms with Gasteiger partial charge in [-0.05, 0) is 48.9 Å². The Morgan fingerprint density at radius 1 is 1.17 bits per heavy atom. The summed E-state index contributed by atoms with van der Waals surface area (Å²) in [5.41, 5.74) is 7.34. The summed E-state index contributed by atoms with van der Waals surface area (Å²) >= 11 is 0. The predicted octanol–water partition coefficient (Wildman–Crippen LogP) is 4.71. The molecule has 0 bridgehead atoms. The van der Waals surface area contributed by atoms with Gasteiger partial charge in [0, 0.05) is 48.6 Å². The lowest BCUT2D eigenvalue weighted by molar-refractivity contribution is -0.121. The van der Waals surface area contributed by atoms with Crippen molar-refractivity contribution < 1.29 is 4.79 Å². The summed E-state index contributed by atoms with van der Waals surface area (Å²) in [7, 11) is 0. The first-order chi connectivity index (χ1) is 14.8. The molecule has 1 spiro atoms. The van der Waals surface area contributed by atoms with E-state index in [1.165, 1.54) is 46.3 Å². The molecule has 4 heteroatoms. The summed E-state index contributed by atoms with van der Waals surface area (Å²) in [6, 6.07) is 18.0. The summed E-state index contributed by atoms with van der Waals surface area (Å²) in [5.74, 6) is 0.755. The van der Waals surface area contributed by atoms with Gasteiger partial charge in [0.15, 0.2) is 0 Å². The second-order valence-corrected chi connectivity index (χ2v) is 9.06. The molecule has 2 aliphatic heterocycles. The first-order valence-electron chi connectivity index (χ1n) is 11.5. The molecule has 1 saturated carbocycles. The highest BCUT2D eigenvalue weighted by atomic mass is 16.1. The normalized spacial score (nSPS) is 23.4. The number of para-hydroxylation sites is 2. The smallest absolute Gasteiger partial charge is 0.219 e. The molecule has 0 saturated heterocycles. The number of hydrogen-bond acceptors (Lipinski definition) is 2. The Kier molecular flexibility index (Phi) is 3.99. The van der Waals surface area contributed by atoms with E-state index in [0.717, 1.165) is 32.4 Å². The lowest BCUT2D eigenvalue weighted by Crippen LogP contribution is -2.60. The standard InChI is InChI=1S/C26H29N3O/c1-2-7-25(30)27-16-13-19-18-8-3-6-11-23(18)29-24(19)14-17-28-22-10-5-4-9-20(22)21-12-15-26(21,28)29/h3-6,8-11,21H,2,7,12-17H2,1H3,(H,27,30). The molecule has 3 aromatic rings. The monoisotopic (exact) mass is 399 g/mol. The second-order valence-electron chi connectivity index (χ2n) is 9.06. The fourth-order valence-electron chi connectivity index (χ4n) is 6.42. The molecule has 6 rings (SSSR count). The van der Waals surface area contributed by atoms with Gasteiger partial charge < -0.3 is 14.8 Å². The van der Waals surface area contributed by atoms with Crippen LogP contribution in [0, 0.1) is 0 Å². The Morgan fingerprint density at radius 3 is 2.83 bits per heavy atom. The van der Waals surface area contributed by atoms with Crippen molar-refractivity contribution in [2.75, 3.05) is 18.0 Å². The van der Waals surface area contributed by atoms with Crippen molar-refractivity contribution >= 4 is 22.5 Å². The molecule has 2 atom stereocenters. The molecule has 3 aliphatic rings. The number of benzene rings is 2. The minimum absolute atomic E-state index is 0.0700. The molecule has 1 amide bonds. The molecule has 4 nitrogen and oxygen atoms in total. The van der Waals surface area contributed by atoms with Crippen molar-refractivity contribution in [3.8, 4) is 0 Å². The number of nitrogens with one attached hydrogen (secondary N) is 1. The molecule has 2 aromatic carbocycles. The zero-order valence-corrected chi connectivity index (χ0v) is 17.7. The molecule has 1 N–H and O–H groups in total. The molecule has 30 heavy (non-hydrogen) atoms. The second kappa shape index (κ2) is 6.63. The number of rotatable bonds is 5. The van der Waals surface area contributed by atoms with Crippen LogP contribution < -0.4 is 10.2 Å². The van der Waals surface area contributed by atoms with Crippen molar-refractivity contribution in [2.24, 2.45) is 0 Å². The third-order valence-electron chi connectivity index (χ3n) is 7.65. The highest BCUT2D eigenvalue weighted by Gasteiger charge is 2.60. The maximum absolute atomic E-state index is 12.0. The van der Waals surface area contributed by atoms with E-state index in [4.69, 9.17) is 0 Å². The Balaban J connectivity index is 1.44. The van der Waals surface area contributed by atoms with Gasteiger partial charge >= 0.3 is 0 Å². The largest absolute Gasteiger partial charge is 0.356 e. The fraction of sp³-hybridized carbons (Fsp3) is 0.423. The summed E-state index contributed by atoms with van der Waals surface area (Å²) in [5, 5.41) is 4.50. The van der Waals surface area contributed by atoms with E-state index in [1.54, 1.807) is 0 Å². The van der Waals surface area contributed by atoms with Crippen LogP contribution in [-0.4, -0.2) is 23.6 Å². The molecule has 1 fully saturated rings. The number of amides is 1. The first-order valence-corrected chi connectivity index (χ1v) is 11.5. The lowest BCUT2D eigenvalue weighted by Gasteiger charge is -2.55. The van der Waals surface area contributed by atoms with Gasteiger partial charge in [0.25, 0.3) is 0 Å². The van der Waals surface area contributed by atoms with Crippen LogP contribution in [0.25, 0.3) is 10.9 Å². The van der Waals surface area contributed by atoms with Crippen LogP contribution in [0.4, 0.5) is 5.69 Å². The quantitative estimate of drug-likeness (QED) is 0.675. The number of fused-ring (bicyclic) bond motifs is 6. The lowest BCUT2D eigenvalue weighted by atomic mass is 9.70. The van der Waals surface area contributed by atoms with Gasteiger partial charge in [0.2, 0.25) is 5.91 Å². The van der Waals surface area contributed by atoms with E-state index in [1.807, 2.05) is 0 Å². The summed E-state index contributed by atoms with van der Waals surface area (Å²) in [4.78, 5) is 14.7. The van der Waals surface area contributed by atoms with E-state index in [0.29, 0.717) is 12.3 Å². The van der Waals surface area contributed by atoms with Crippen molar-refractivity contribution in [3.63, 3.8) is 0 Å². The topological polar surface area (TPSA) is 37.3 Å². The van der Waals surface area contributed by atoms with Crippen molar-refractivity contribution in [2.45, 2.75) is 57.0 Å². The molecule has 1 aliphatic carbocycles. The van der Waals surface area contributed by atoms with Gasteiger partial charge in [0.05, 0.1) is 5.52 Å². The molecule has 0 radical (unpaired) electrons. The van der Waals surface area contributed by atoms with Crippen LogP contribution in [0.5, 0.6) is 0 Å². The predicted molar refractivity (Wildman–Crippen MR) is 121 cm³/mol. The van der Waals surface area contributed by atoms with Crippen LogP contribution in [0.3, 0.4) is 0 Å². The average molecular weight is 400 g/mol. The van der Waals surface area contributed by atoms with Crippen LogP contribution in [0.15, 0.2) is 48.5 Å². The summed E-state index contributed by atoms with van der Waals surface area (Å²) in [6.07, 6.45) is 5.97. The molecule has 1 aromatic heterocycles. The summed E-state index contributed by atoms with van der Waals surface area (Å²) < 4.78 is 2.70. The van der Waals surface area contributed by atoms with Crippen molar-refractivity contribution in [1.29, 1.82) is 0 Å². The molecule has 2 unspecified atom stereocenters. The highest BCUT2D eigenvalue weighted by Crippen LogP contribution is 2.64. The van der Waals surface area contributed by atoms with Crippen LogP contribution in [-0.2, 0) is 23.3 Å². The van der Waals surface area contributed by atoms with Gasteiger partial charge in [-0.1, -0.05) is 43.3 Å². The zero-order valence-electron chi connectivity index (χ0n) is 17.7. The number of carbonyl (C=O) groups excluding carboxylic acids is 1. The number of aromatic nitrogens is 1. The number of hydrogen-bond donors (Lipinski definition) is 1. The third kappa shape index (κ3) is 2.25. The van der Waals surface area contributed by atoms with Gasteiger partial charge in [0.1, 0.15) is 5.66 Å². The van der Waals surface area contributed by atoms with Gasteiger partial charge in [-0.25, -0.2) is 0 Å². The number of nitrogens with zero attached hydrogens (tertiary/aromatic N) is 2. The summed E-state index contributed by atoms with van der Waals surface area (Å²) in [6.45, 7) is 3.86. The van der Waals surface area contributed by atoms with Crippen molar-refractivity contribution in [1.82, 2.24) is 9.88 Å². The Morgan fingerprint density at radius 2 is 2.00 bits per heavy atom. The van der Waals surface area contributed by atoms with Crippen LogP contribution >= 0.6 is 0 Å². The average Bonchev–Trinajstić information content (AvgIpc) is 3.16. The van der Waals surface area contributed by atoms with E-state index in [2.05, 4.69) is 70.2 Å². The minimum Gasteiger partial charge on any atom is -0.356 e. The van der Waals surface area contributed by atoms with Gasteiger partial charge in [-0.2, -0.15) is 0 Å². The number of anilines is 1. The maximum Gasteiger partial charge on any atom is 0.219 e. The molecule has 3 heterocycles. The molecular weight excluding hydrogens is 370 g/mol. The Hall–Kier alpha value is -2.75. The Labute approximate surface area is 177 Å². The van der Waals surface area contributed by atoms with Crippen molar-refractivity contribution in [3.05, 3.63) is 65.4 Å². The maximum atomic E-state index is 12.0. The van der Waals surface area contributed by atoms with E-state index >= 15 is 0 Å². The number of carbonyl (C=O) groups is 1. The van der Waals surface area contributed by atoms with Crippen LogP contribution in [0.2, 0.25) is 0 Å². The van der Waals surface area contributed by atoms with E-state index < -0.39 is 0 Å². The van der Waals surface area contributed by atoms with E-state index in [9.17, 15) is 4.79 Å². The van der Waals surface area contributed by atoms with Gasteiger partial charge in [-0.3, -0.25) is 4.79 Å². The minimum atomic E-state index is 0.0700. The first kappa shape index (κ1) is 18.1. The third-order valence-corrected chi connectivity index (χ3v) is 7.65. The Bertz CT molecular complexity index is 1150. The molecular formula is C26H29N3O. The molecule has 154 valence electrons. The zero-order chi connectivity index (χ0) is 20.3. The fourth-order valence-corrected chi connectivity index (χ4v) is 6.42. The van der Waals surface area contributed by atoms with Gasteiger partial charge in [-0.15, -0.1) is 0 Å². The van der Waals surface area contributed by atoms with E-state index in [-0.39, 0.29) is 11.6 Å².